The van der Waals surface area contributed by atoms with Crippen molar-refractivity contribution in [2.24, 2.45) is 0 Å². The van der Waals surface area contributed by atoms with Crippen LogP contribution in [0.1, 0.15) is 31.0 Å². The summed E-state index contributed by atoms with van der Waals surface area (Å²) >= 11 is 1.56. The third-order valence-corrected chi connectivity index (χ3v) is 3.90. The number of amides is 2. The molecule has 2 amide bonds. The first-order chi connectivity index (χ1) is 8.52. The number of nitrogens with zero attached hydrogens (tertiary/aromatic N) is 2. The van der Waals surface area contributed by atoms with Gasteiger partial charge in [-0.05, 0) is 20.3 Å². The van der Waals surface area contributed by atoms with Crippen molar-refractivity contribution in [1.82, 2.24) is 15.2 Å². The van der Waals surface area contributed by atoms with E-state index in [4.69, 9.17) is 0 Å². The molecule has 1 aliphatic rings. The summed E-state index contributed by atoms with van der Waals surface area (Å²) in [5, 5.41) is 5.61. The van der Waals surface area contributed by atoms with E-state index in [9.17, 15) is 9.59 Å². The molecule has 0 radical (unpaired) electrons. The number of carbonyl (C=O) groups is 2. The highest BCUT2D eigenvalue weighted by molar-refractivity contribution is 7.09. The van der Waals surface area contributed by atoms with Crippen LogP contribution in [0.15, 0.2) is 5.38 Å². The lowest BCUT2D eigenvalue weighted by atomic mass is 10.1. The van der Waals surface area contributed by atoms with Gasteiger partial charge >= 0.3 is 0 Å². The molecule has 1 aliphatic heterocycles. The lowest BCUT2D eigenvalue weighted by Crippen LogP contribution is -2.61. The highest BCUT2D eigenvalue weighted by Gasteiger charge is 2.37. The van der Waals surface area contributed by atoms with Crippen molar-refractivity contribution < 1.29 is 9.59 Å². The maximum Gasteiger partial charge on any atom is 0.245 e. The number of nitrogens with one attached hydrogen (secondary N) is 1. The van der Waals surface area contributed by atoms with E-state index >= 15 is 0 Å². The molecule has 0 spiro atoms. The van der Waals surface area contributed by atoms with Crippen LogP contribution >= 0.6 is 11.3 Å². The van der Waals surface area contributed by atoms with Crippen LogP contribution in [0.3, 0.4) is 0 Å². The van der Waals surface area contributed by atoms with Gasteiger partial charge in [-0.25, -0.2) is 4.98 Å². The molecule has 5 nitrogen and oxygen atoms in total. The molecule has 1 fully saturated rings. The number of aromatic nitrogens is 1. The fraction of sp³-hybridized carbons (Fsp3) is 0.583. The molecule has 2 heterocycles. The fourth-order valence-electron chi connectivity index (χ4n) is 2.16. The topological polar surface area (TPSA) is 62.3 Å². The molecule has 0 bridgehead atoms. The van der Waals surface area contributed by atoms with E-state index < -0.39 is 6.04 Å². The number of hydrogen-bond acceptors (Lipinski definition) is 4. The summed E-state index contributed by atoms with van der Waals surface area (Å²) in [6.07, 6.45) is 0.618. The van der Waals surface area contributed by atoms with Crippen molar-refractivity contribution in [1.29, 1.82) is 0 Å². The van der Waals surface area contributed by atoms with Crippen LogP contribution in [0.5, 0.6) is 0 Å². The highest BCUT2D eigenvalue weighted by atomic mass is 32.1. The van der Waals surface area contributed by atoms with Gasteiger partial charge in [0, 0.05) is 5.38 Å². The number of carbonyl (C=O) groups excluding carboxylic acids is 2. The maximum absolute atomic E-state index is 12.1. The molecular formula is C12H17N3O2S. The largest absolute Gasteiger partial charge is 0.343 e. The Morgan fingerprint density at radius 2 is 2.22 bits per heavy atom. The third-order valence-electron chi connectivity index (χ3n) is 3.08. The van der Waals surface area contributed by atoms with Crippen molar-refractivity contribution in [2.45, 2.75) is 45.8 Å². The zero-order valence-corrected chi connectivity index (χ0v) is 11.6. The van der Waals surface area contributed by atoms with Crippen LogP contribution in [0.2, 0.25) is 0 Å². The van der Waals surface area contributed by atoms with E-state index in [1.165, 1.54) is 0 Å². The van der Waals surface area contributed by atoms with E-state index in [0.29, 0.717) is 13.0 Å². The van der Waals surface area contributed by atoms with E-state index in [1.807, 2.05) is 19.2 Å². The third kappa shape index (κ3) is 2.38. The SMILES string of the molecule is CCC1C(=O)NC(C)C(=O)N1Cc1csc(C)n1. The Bertz CT molecular complexity index is 472. The van der Waals surface area contributed by atoms with Crippen molar-refractivity contribution in [3.05, 3.63) is 16.1 Å². The second kappa shape index (κ2) is 5.06. The molecule has 2 rings (SSSR count). The first kappa shape index (κ1) is 13.0. The molecule has 1 aromatic heterocycles. The normalized spacial score (nSPS) is 24.3. The minimum absolute atomic E-state index is 0.0351. The molecule has 18 heavy (non-hydrogen) atoms. The Hall–Kier alpha value is -1.43. The number of rotatable bonds is 3. The second-order valence-electron chi connectivity index (χ2n) is 4.48. The quantitative estimate of drug-likeness (QED) is 0.891. The Labute approximate surface area is 110 Å². The van der Waals surface area contributed by atoms with Crippen LogP contribution in [0.25, 0.3) is 0 Å². The average molecular weight is 267 g/mol. The molecule has 2 unspecified atom stereocenters. The lowest BCUT2D eigenvalue weighted by Gasteiger charge is -2.37. The lowest BCUT2D eigenvalue weighted by molar-refractivity contribution is -0.149. The summed E-state index contributed by atoms with van der Waals surface area (Å²) in [6, 6.07) is -0.823. The summed E-state index contributed by atoms with van der Waals surface area (Å²) < 4.78 is 0. The molecule has 98 valence electrons. The van der Waals surface area contributed by atoms with Gasteiger partial charge in [0.25, 0.3) is 0 Å². The minimum Gasteiger partial charge on any atom is -0.343 e. The Morgan fingerprint density at radius 1 is 1.50 bits per heavy atom. The second-order valence-corrected chi connectivity index (χ2v) is 5.54. The molecule has 1 N–H and O–H groups in total. The molecular weight excluding hydrogens is 250 g/mol. The Balaban J connectivity index is 2.20. The summed E-state index contributed by atoms with van der Waals surface area (Å²) in [5.74, 6) is -0.108. The summed E-state index contributed by atoms with van der Waals surface area (Å²) in [7, 11) is 0. The van der Waals surface area contributed by atoms with Gasteiger partial charge in [-0.3, -0.25) is 9.59 Å². The summed E-state index contributed by atoms with van der Waals surface area (Å²) in [5.41, 5.74) is 0.853. The summed E-state index contributed by atoms with van der Waals surface area (Å²) in [4.78, 5) is 30.0. The molecule has 0 saturated carbocycles. The van der Waals surface area contributed by atoms with Gasteiger partial charge in [0.15, 0.2) is 0 Å². The standard InChI is InChI=1S/C12H17N3O2S/c1-4-10-11(16)13-7(2)12(17)15(10)5-9-6-18-8(3)14-9/h6-7,10H,4-5H2,1-3H3,(H,13,16). The zero-order chi connectivity index (χ0) is 13.3. The van der Waals surface area contributed by atoms with Gasteiger partial charge in [0.05, 0.1) is 17.2 Å². The first-order valence-corrected chi connectivity index (χ1v) is 6.92. The van der Waals surface area contributed by atoms with Crippen molar-refractivity contribution in [3.8, 4) is 0 Å². The van der Waals surface area contributed by atoms with Crippen LogP contribution in [-0.4, -0.2) is 33.8 Å². The first-order valence-electron chi connectivity index (χ1n) is 6.04. The Kier molecular flexibility index (Phi) is 3.65. The molecule has 0 aliphatic carbocycles. The van der Waals surface area contributed by atoms with Gasteiger partial charge < -0.3 is 10.2 Å². The van der Waals surface area contributed by atoms with Crippen LogP contribution < -0.4 is 5.32 Å². The monoisotopic (exact) mass is 267 g/mol. The number of thiazole rings is 1. The highest BCUT2D eigenvalue weighted by Crippen LogP contribution is 2.18. The molecule has 1 saturated heterocycles. The van der Waals surface area contributed by atoms with Gasteiger partial charge in [-0.1, -0.05) is 6.92 Å². The van der Waals surface area contributed by atoms with E-state index in [-0.39, 0.29) is 17.9 Å². The smallest absolute Gasteiger partial charge is 0.245 e. The minimum atomic E-state index is -0.444. The van der Waals surface area contributed by atoms with Crippen molar-refractivity contribution in [2.75, 3.05) is 0 Å². The van der Waals surface area contributed by atoms with E-state index in [1.54, 1.807) is 23.2 Å². The van der Waals surface area contributed by atoms with Crippen molar-refractivity contribution in [3.63, 3.8) is 0 Å². The predicted molar refractivity (Wildman–Crippen MR) is 69.1 cm³/mol. The van der Waals surface area contributed by atoms with Gasteiger partial charge in [-0.2, -0.15) is 0 Å². The van der Waals surface area contributed by atoms with Crippen LogP contribution in [0, 0.1) is 6.92 Å². The van der Waals surface area contributed by atoms with Crippen molar-refractivity contribution >= 4 is 23.2 Å². The summed E-state index contributed by atoms with van der Waals surface area (Å²) in [6.45, 7) is 5.97. The van der Waals surface area contributed by atoms with Gasteiger partial charge in [0.1, 0.15) is 12.1 Å². The van der Waals surface area contributed by atoms with E-state index in [2.05, 4.69) is 10.3 Å². The molecule has 6 heteroatoms. The fourth-order valence-corrected chi connectivity index (χ4v) is 2.77. The van der Waals surface area contributed by atoms with Gasteiger partial charge in [0.2, 0.25) is 11.8 Å². The zero-order valence-electron chi connectivity index (χ0n) is 10.8. The van der Waals surface area contributed by atoms with Crippen LogP contribution in [0.4, 0.5) is 0 Å². The predicted octanol–water partition coefficient (Wildman–Crippen LogP) is 1.08. The number of aryl methyl sites for hydroxylation is 1. The maximum atomic E-state index is 12.1. The average Bonchev–Trinajstić information content (AvgIpc) is 2.72. The van der Waals surface area contributed by atoms with E-state index in [0.717, 1.165) is 10.7 Å². The van der Waals surface area contributed by atoms with Crippen LogP contribution in [-0.2, 0) is 16.1 Å². The van der Waals surface area contributed by atoms with Gasteiger partial charge in [-0.15, -0.1) is 11.3 Å². The molecule has 1 aromatic rings. The Morgan fingerprint density at radius 3 is 2.78 bits per heavy atom. The molecule has 0 aromatic carbocycles. The number of hydrogen-bond donors (Lipinski definition) is 1. The number of piperazine rings is 1. The molecule has 2 atom stereocenters.